The Balaban J connectivity index is 2.30. The van der Waals surface area contributed by atoms with E-state index >= 15 is 0 Å². The van der Waals surface area contributed by atoms with Crippen LogP contribution >= 0.6 is 0 Å². The zero-order chi connectivity index (χ0) is 15.4. The van der Waals surface area contributed by atoms with Gasteiger partial charge in [0.25, 0.3) is 0 Å². The average Bonchev–Trinajstić information content (AvgIpc) is 2.58. The van der Waals surface area contributed by atoms with Gasteiger partial charge in [0.1, 0.15) is 0 Å². The first kappa shape index (κ1) is 14.8. The van der Waals surface area contributed by atoms with Gasteiger partial charge in [0.05, 0.1) is 5.52 Å². The highest BCUT2D eigenvalue weighted by Crippen LogP contribution is 2.33. The number of hydrogen-bond donors (Lipinski definition) is 0. The molecule has 0 spiro atoms. The maximum atomic E-state index is 4.67. The van der Waals surface area contributed by atoms with Crippen LogP contribution in [0.4, 0.5) is 0 Å². The van der Waals surface area contributed by atoms with Gasteiger partial charge in [0.15, 0.2) is 0 Å². The summed E-state index contributed by atoms with van der Waals surface area (Å²) in [4.78, 5) is 4.67. The van der Waals surface area contributed by atoms with E-state index in [4.69, 9.17) is 0 Å². The van der Waals surface area contributed by atoms with Gasteiger partial charge in [-0.25, -0.2) is 0 Å². The summed E-state index contributed by atoms with van der Waals surface area (Å²) in [5.74, 6) is 0. The normalized spacial score (nSPS) is 12.2. The zero-order valence-electron chi connectivity index (χ0n) is 13.5. The minimum absolute atomic E-state index is 1.12. The number of unbranched alkanes of at least 4 members (excludes halogenated alkanes) is 1. The molecule has 0 aliphatic carbocycles. The summed E-state index contributed by atoms with van der Waals surface area (Å²) in [7, 11) is 0. The predicted octanol–water partition coefficient (Wildman–Crippen LogP) is 6.37. The molecule has 2 aromatic carbocycles. The Bertz CT molecular complexity index is 814. The standard InChI is InChI=1S/C21H23N/c1-3-5-9-16(8-4-2)19-12-6-10-17-13-14-18-11-7-15-22-21(18)20(17)19/h6-7,9-15H,3-5,8H2,1-2H3/b16-9+. The Hall–Kier alpha value is -2.15. The van der Waals surface area contributed by atoms with E-state index in [-0.39, 0.29) is 0 Å². The summed E-state index contributed by atoms with van der Waals surface area (Å²) in [5.41, 5.74) is 3.94. The molecule has 0 unspecified atom stereocenters. The van der Waals surface area contributed by atoms with Crippen molar-refractivity contribution in [1.82, 2.24) is 4.98 Å². The fourth-order valence-electron chi connectivity index (χ4n) is 3.12. The van der Waals surface area contributed by atoms with Gasteiger partial charge in [-0.3, -0.25) is 4.98 Å². The maximum Gasteiger partial charge on any atom is 0.0786 e. The molecule has 0 radical (unpaired) electrons. The Kier molecular flexibility index (Phi) is 4.53. The third-order valence-electron chi connectivity index (χ3n) is 4.16. The van der Waals surface area contributed by atoms with Crippen molar-refractivity contribution in [3.05, 3.63) is 60.3 Å². The summed E-state index contributed by atoms with van der Waals surface area (Å²) in [6, 6.07) is 15.2. The van der Waals surface area contributed by atoms with E-state index < -0.39 is 0 Å². The van der Waals surface area contributed by atoms with Gasteiger partial charge < -0.3 is 0 Å². The van der Waals surface area contributed by atoms with Gasteiger partial charge in [-0.05, 0) is 35.4 Å². The van der Waals surface area contributed by atoms with E-state index in [0.717, 1.165) is 18.4 Å². The topological polar surface area (TPSA) is 12.9 Å². The van der Waals surface area contributed by atoms with E-state index in [0.29, 0.717) is 0 Å². The number of pyridine rings is 1. The molecule has 112 valence electrons. The molecule has 0 saturated carbocycles. The number of hydrogen-bond acceptors (Lipinski definition) is 1. The van der Waals surface area contributed by atoms with Crippen molar-refractivity contribution in [2.45, 2.75) is 39.5 Å². The van der Waals surface area contributed by atoms with Crippen LogP contribution in [-0.2, 0) is 0 Å². The minimum atomic E-state index is 1.12. The highest BCUT2D eigenvalue weighted by Gasteiger charge is 2.09. The molecule has 1 aromatic heterocycles. The second-order valence-corrected chi connectivity index (χ2v) is 5.81. The zero-order valence-corrected chi connectivity index (χ0v) is 13.5. The monoisotopic (exact) mass is 289 g/mol. The minimum Gasteiger partial charge on any atom is -0.256 e. The number of nitrogens with zero attached hydrogens (tertiary/aromatic N) is 1. The van der Waals surface area contributed by atoms with Crippen LogP contribution in [0.2, 0.25) is 0 Å². The third kappa shape index (κ3) is 2.76. The van der Waals surface area contributed by atoms with Crippen molar-refractivity contribution in [3.8, 4) is 0 Å². The molecule has 22 heavy (non-hydrogen) atoms. The fraction of sp³-hybridized carbons (Fsp3) is 0.286. The van der Waals surface area contributed by atoms with E-state index in [1.54, 1.807) is 0 Å². The number of benzene rings is 2. The number of rotatable bonds is 5. The summed E-state index contributed by atoms with van der Waals surface area (Å²) in [6.07, 6.45) is 8.95. The Labute approximate surface area is 132 Å². The van der Waals surface area contributed by atoms with Crippen LogP contribution in [0.5, 0.6) is 0 Å². The van der Waals surface area contributed by atoms with Crippen LogP contribution in [0.25, 0.3) is 27.2 Å². The predicted molar refractivity (Wildman–Crippen MR) is 97.0 cm³/mol. The first-order valence-electron chi connectivity index (χ1n) is 8.31. The van der Waals surface area contributed by atoms with Crippen molar-refractivity contribution in [2.24, 2.45) is 0 Å². The van der Waals surface area contributed by atoms with Gasteiger partial charge in [0, 0.05) is 17.0 Å². The first-order valence-corrected chi connectivity index (χ1v) is 8.31. The maximum absolute atomic E-state index is 4.67. The van der Waals surface area contributed by atoms with Crippen LogP contribution in [0.3, 0.4) is 0 Å². The molecule has 3 rings (SSSR count). The van der Waals surface area contributed by atoms with E-state index in [2.05, 4.69) is 61.3 Å². The molecule has 0 bridgehead atoms. The van der Waals surface area contributed by atoms with Crippen LogP contribution in [0.15, 0.2) is 54.7 Å². The third-order valence-corrected chi connectivity index (χ3v) is 4.16. The van der Waals surface area contributed by atoms with E-state index in [1.165, 1.54) is 40.1 Å². The summed E-state index contributed by atoms with van der Waals surface area (Å²) in [5, 5.41) is 3.80. The molecule has 0 N–H and O–H groups in total. The van der Waals surface area contributed by atoms with Crippen LogP contribution in [0, 0.1) is 0 Å². The summed E-state index contributed by atoms with van der Waals surface area (Å²) >= 11 is 0. The second kappa shape index (κ2) is 6.74. The van der Waals surface area contributed by atoms with Crippen molar-refractivity contribution < 1.29 is 0 Å². The van der Waals surface area contributed by atoms with Crippen molar-refractivity contribution in [3.63, 3.8) is 0 Å². The van der Waals surface area contributed by atoms with Gasteiger partial charge in [-0.2, -0.15) is 0 Å². The van der Waals surface area contributed by atoms with Crippen molar-refractivity contribution in [1.29, 1.82) is 0 Å². The quantitative estimate of drug-likeness (QED) is 0.497. The molecule has 1 nitrogen and oxygen atoms in total. The summed E-state index contributed by atoms with van der Waals surface area (Å²) in [6.45, 7) is 4.49. The van der Waals surface area contributed by atoms with Crippen LogP contribution < -0.4 is 0 Å². The van der Waals surface area contributed by atoms with Crippen LogP contribution in [0.1, 0.15) is 45.1 Å². The van der Waals surface area contributed by atoms with Crippen molar-refractivity contribution >= 4 is 27.2 Å². The lowest BCUT2D eigenvalue weighted by molar-refractivity contribution is 0.934. The Morgan fingerprint density at radius 1 is 0.955 bits per heavy atom. The Morgan fingerprint density at radius 3 is 2.59 bits per heavy atom. The van der Waals surface area contributed by atoms with Gasteiger partial charge in [-0.15, -0.1) is 0 Å². The molecule has 0 amide bonds. The molecule has 1 heteroatoms. The summed E-state index contributed by atoms with van der Waals surface area (Å²) < 4.78 is 0. The average molecular weight is 289 g/mol. The highest BCUT2D eigenvalue weighted by molar-refractivity contribution is 6.10. The van der Waals surface area contributed by atoms with Crippen LogP contribution in [-0.4, -0.2) is 4.98 Å². The smallest absolute Gasteiger partial charge is 0.0786 e. The van der Waals surface area contributed by atoms with Gasteiger partial charge in [-0.1, -0.05) is 69.2 Å². The number of aromatic nitrogens is 1. The largest absolute Gasteiger partial charge is 0.256 e. The first-order chi connectivity index (χ1) is 10.8. The number of fused-ring (bicyclic) bond motifs is 3. The molecular formula is C21H23N. The second-order valence-electron chi connectivity index (χ2n) is 5.81. The number of allylic oxidation sites excluding steroid dienone is 2. The lowest BCUT2D eigenvalue weighted by Gasteiger charge is -2.12. The molecule has 0 atom stereocenters. The fourth-order valence-corrected chi connectivity index (χ4v) is 3.12. The van der Waals surface area contributed by atoms with E-state index in [1.807, 2.05) is 12.3 Å². The SMILES string of the molecule is CCC/C=C(\CCC)c1cccc2ccc3cccnc3c12. The lowest BCUT2D eigenvalue weighted by atomic mass is 9.93. The van der Waals surface area contributed by atoms with Gasteiger partial charge in [0.2, 0.25) is 0 Å². The molecular weight excluding hydrogens is 266 g/mol. The molecule has 0 saturated heterocycles. The molecule has 0 aliphatic rings. The molecule has 1 heterocycles. The van der Waals surface area contributed by atoms with Crippen molar-refractivity contribution in [2.75, 3.05) is 0 Å². The molecule has 3 aromatic rings. The lowest BCUT2D eigenvalue weighted by Crippen LogP contribution is -1.90. The van der Waals surface area contributed by atoms with Gasteiger partial charge >= 0.3 is 0 Å². The highest BCUT2D eigenvalue weighted by atomic mass is 14.6. The Morgan fingerprint density at radius 2 is 1.77 bits per heavy atom. The molecule has 0 aliphatic heterocycles. The molecule has 0 fully saturated rings. The van der Waals surface area contributed by atoms with E-state index in [9.17, 15) is 0 Å².